The SMILES string of the molecule is CNCC(C)C(=O)N1CCC(C)(C)C1. The highest BCUT2D eigenvalue weighted by Crippen LogP contribution is 2.29. The van der Waals surface area contributed by atoms with Crippen molar-refractivity contribution in [2.75, 3.05) is 26.7 Å². The van der Waals surface area contributed by atoms with Crippen LogP contribution in [-0.4, -0.2) is 37.5 Å². The molecule has 3 nitrogen and oxygen atoms in total. The summed E-state index contributed by atoms with van der Waals surface area (Å²) >= 11 is 0. The Hall–Kier alpha value is -0.570. The van der Waals surface area contributed by atoms with E-state index in [0.717, 1.165) is 26.1 Å². The number of nitrogens with one attached hydrogen (secondary N) is 1. The van der Waals surface area contributed by atoms with Gasteiger partial charge in [-0.05, 0) is 18.9 Å². The summed E-state index contributed by atoms with van der Waals surface area (Å²) in [5.41, 5.74) is 0.315. The van der Waals surface area contributed by atoms with E-state index in [-0.39, 0.29) is 5.92 Å². The van der Waals surface area contributed by atoms with Crippen LogP contribution < -0.4 is 5.32 Å². The molecule has 0 saturated carbocycles. The number of hydrogen-bond donors (Lipinski definition) is 1. The Morgan fingerprint density at radius 1 is 1.57 bits per heavy atom. The molecule has 0 aliphatic carbocycles. The van der Waals surface area contributed by atoms with Crippen molar-refractivity contribution in [1.29, 1.82) is 0 Å². The van der Waals surface area contributed by atoms with Gasteiger partial charge >= 0.3 is 0 Å². The minimum atomic E-state index is 0.105. The van der Waals surface area contributed by atoms with Gasteiger partial charge in [-0.2, -0.15) is 0 Å². The Balaban J connectivity index is 2.47. The molecule has 1 aliphatic heterocycles. The van der Waals surface area contributed by atoms with Gasteiger partial charge in [-0.1, -0.05) is 20.8 Å². The molecule has 1 heterocycles. The first-order chi connectivity index (χ1) is 6.46. The van der Waals surface area contributed by atoms with Crippen molar-refractivity contribution < 1.29 is 4.79 Å². The maximum absolute atomic E-state index is 11.9. The fourth-order valence-electron chi connectivity index (χ4n) is 2.01. The molecule has 1 N–H and O–H groups in total. The Morgan fingerprint density at radius 2 is 2.21 bits per heavy atom. The van der Waals surface area contributed by atoms with E-state index in [4.69, 9.17) is 0 Å². The molecule has 1 unspecified atom stereocenters. The van der Waals surface area contributed by atoms with Gasteiger partial charge in [0.25, 0.3) is 0 Å². The highest BCUT2D eigenvalue weighted by Gasteiger charge is 2.33. The summed E-state index contributed by atoms with van der Waals surface area (Å²) < 4.78 is 0. The standard InChI is InChI=1S/C11H22N2O/c1-9(7-12-4)10(14)13-6-5-11(2,3)8-13/h9,12H,5-8H2,1-4H3. The maximum atomic E-state index is 11.9. The summed E-state index contributed by atoms with van der Waals surface area (Å²) in [6, 6.07) is 0. The van der Waals surface area contributed by atoms with Gasteiger partial charge in [0.05, 0.1) is 0 Å². The lowest BCUT2D eigenvalue weighted by molar-refractivity contribution is -0.134. The molecule has 0 aromatic rings. The molecule has 1 rings (SSSR count). The molecule has 1 aliphatic rings. The first kappa shape index (κ1) is 11.5. The first-order valence-electron chi connectivity index (χ1n) is 5.40. The van der Waals surface area contributed by atoms with Crippen LogP contribution in [0, 0.1) is 11.3 Å². The maximum Gasteiger partial charge on any atom is 0.226 e. The van der Waals surface area contributed by atoms with Crippen molar-refractivity contribution in [2.24, 2.45) is 11.3 Å². The lowest BCUT2D eigenvalue weighted by Gasteiger charge is -2.22. The highest BCUT2D eigenvalue weighted by molar-refractivity contribution is 5.79. The average molecular weight is 198 g/mol. The Morgan fingerprint density at radius 3 is 2.64 bits per heavy atom. The van der Waals surface area contributed by atoms with E-state index in [9.17, 15) is 4.79 Å². The van der Waals surface area contributed by atoms with Crippen LogP contribution in [0.4, 0.5) is 0 Å². The molecule has 1 saturated heterocycles. The summed E-state index contributed by atoms with van der Waals surface area (Å²) in [4.78, 5) is 13.9. The van der Waals surface area contributed by atoms with E-state index in [1.807, 2.05) is 18.9 Å². The molecule has 1 fully saturated rings. The highest BCUT2D eigenvalue weighted by atomic mass is 16.2. The second-order valence-corrected chi connectivity index (χ2v) is 5.13. The van der Waals surface area contributed by atoms with E-state index in [2.05, 4.69) is 19.2 Å². The fraction of sp³-hybridized carbons (Fsp3) is 0.909. The average Bonchev–Trinajstić information content (AvgIpc) is 2.45. The van der Waals surface area contributed by atoms with Gasteiger partial charge in [0, 0.05) is 25.6 Å². The van der Waals surface area contributed by atoms with Crippen molar-refractivity contribution >= 4 is 5.91 Å². The summed E-state index contributed by atoms with van der Waals surface area (Å²) in [7, 11) is 1.89. The van der Waals surface area contributed by atoms with Gasteiger partial charge in [0.2, 0.25) is 5.91 Å². The molecule has 3 heteroatoms. The van der Waals surface area contributed by atoms with Crippen LogP contribution in [0.2, 0.25) is 0 Å². The van der Waals surface area contributed by atoms with Crippen LogP contribution in [0.1, 0.15) is 27.2 Å². The van der Waals surface area contributed by atoms with Crippen LogP contribution in [0.3, 0.4) is 0 Å². The lowest BCUT2D eigenvalue weighted by Crippen LogP contribution is -2.37. The monoisotopic (exact) mass is 198 g/mol. The van der Waals surface area contributed by atoms with Gasteiger partial charge in [-0.25, -0.2) is 0 Å². The van der Waals surface area contributed by atoms with Crippen molar-refractivity contribution in [1.82, 2.24) is 10.2 Å². The number of nitrogens with zero attached hydrogens (tertiary/aromatic N) is 1. The first-order valence-corrected chi connectivity index (χ1v) is 5.40. The van der Waals surface area contributed by atoms with Crippen LogP contribution in [0.15, 0.2) is 0 Å². The quantitative estimate of drug-likeness (QED) is 0.736. The van der Waals surface area contributed by atoms with Gasteiger partial charge in [-0.15, -0.1) is 0 Å². The molecule has 0 spiro atoms. The van der Waals surface area contributed by atoms with E-state index in [1.54, 1.807) is 0 Å². The minimum Gasteiger partial charge on any atom is -0.342 e. The lowest BCUT2D eigenvalue weighted by atomic mass is 9.93. The third-order valence-electron chi connectivity index (χ3n) is 2.92. The zero-order valence-corrected chi connectivity index (χ0v) is 9.76. The molecular weight excluding hydrogens is 176 g/mol. The van der Waals surface area contributed by atoms with Gasteiger partial charge < -0.3 is 10.2 Å². The molecule has 0 radical (unpaired) electrons. The van der Waals surface area contributed by atoms with Gasteiger partial charge in [-0.3, -0.25) is 4.79 Å². The molecule has 0 bridgehead atoms. The normalized spacial score (nSPS) is 22.4. The summed E-state index contributed by atoms with van der Waals surface area (Å²) in [5, 5.41) is 3.05. The zero-order valence-electron chi connectivity index (χ0n) is 9.76. The van der Waals surface area contributed by atoms with Crippen molar-refractivity contribution in [2.45, 2.75) is 27.2 Å². The Labute approximate surface area is 86.9 Å². The molecule has 1 atom stereocenters. The third kappa shape index (κ3) is 2.71. The Kier molecular flexibility index (Phi) is 3.53. The molecule has 14 heavy (non-hydrogen) atoms. The molecule has 1 amide bonds. The van der Waals surface area contributed by atoms with Crippen LogP contribution in [0.5, 0.6) is 0 Å². The van der Waals surface area contributed by atoms with E-state index < -0.39 is 0 Å². The van der Waals surface area contributed by atoms with E-state index >= 15 is 0 Å². The smallest absolute Gasteiger partial charge is 0.226 e. The van der Waals surface area contributed by atoms with Crippen molar-refractivity contribution in [3.05, 3.63) is 0 Å². The van der Waals surface area contributed by atoms with Gasteiger partial charge in [0.15, 0.2) is 0 Å². The van der Waals surface area contributed by atoms with Crippen molar-refractivity contribution in [3.63, 3.8) is 0 Å². The fourth-order valence-corrected chi connectivity index (χ4v) is 2.01. The molecular formula is C11H22N2O. The van der Waals surface area contributed by atoms with Crippen LogP contribution >= 0.6 is 0 Å². The summed E-state index contributed by atoms with van der Waals surface area (Å²) in [5.74, 6) is 0.402. The third-order valence-corrected chi connectivity index (χ3v) is 2.92. The largest absolute Gasteiger partial charge is 0.342 e. The van der Waals surface area contributed by atoms with Gasteiger partial charge in [0.1, 0.15) is 0 Å². The predicted octanol–water partition coefficient (Wildman–Crippen LogP) is 1.10. The number of carbonyl (C=O) groups is 1. The molecule has 0 aromatic heterocycles. The predicted molar refractivity (Wildman–Crippen MR) is 58.1 cm³/mol. The number of hydrogen-bond acceptors (Lipinski definition) is 2. The summed E-state index contributed by atoms with van der Waals surface area (Å²) in [6.45, 7) is 9.06. The Bertz CT molecular complexity index is 213. The van der Waals surface area contributed by atoms with E-state index in [1.165, 1.54) is 0 Å². The van der Waals surface area contributed by atoms with Crippen LogP contribution in [0.25, 0.3) is 0 Å². The topological polar surface area (TPSA) is 32.3 Å². The van der Waals surface area contributed by atoms with Crippen LogP contribution in [-0.2, 0) is 4.79 Å². The van der Waals surface area contributed by atoms with E-state index in [0.29, 0.717) is 11.3 Å². The zero-order chi connectivity index (χ0) is 10.8. The molecule has 82 valence electrons. The number of likely N-dealkylation sites (tertiary alicyclic amines) is 1. The number of amides is 1. The minimum absolute atomic E-state index is 0.105. The van der Waals surface area contributed by atoms with Crippen molar-refractivity contribution in [3.8, 4) is 0 Å². The number of carbonyl (C=O) groups excluding carboxylic acids is 1. The number of rotatable bonds is 3. The molecule has 0 aromatic carbocycles. The second-order valence-electron chi connectivity index (χ2n) is 5.13. The second kappa shape index (κ2) is 4.30. The summed E-state index contributed by atoms with van der Waals surface area (Å²) in [6.07, 6.45) is 1.13.